The second-order valence-corrected chi connectivity index (χ2v) is 7.03. The van der Waals surface area contributed by atoms with Crippen molar-refractivity contribution in [1.29, 1.82) is 5.26 Å². The summed E-state index contributed by atoms with van der Waals surface area (Å²) in [5, 5.41) is 17.3. The first-order valence-electron chi connectivity index (χ1n) is 9.06. The highest BCUT2D eigenvalue weighted by atomic mass is 15.2. The van der Waals surface area contributed by atoms with Crippen molar-refractivity contribution in [3.63, 3.8) is 0 Å². The van der Waals surface area contributed by atoms with Gasteiger partial charge in [-0.05, 0) is 43.7 Å². The van der Waals surface area contributed by atoms with Crippen LogP contribution in [0.15, 0.2) is 30.7 Å². The van der Waals surface area contributed by atoms with E-state index >= 15 is 0 Å². The minimum absolute atomic E-state index is 0.363. The molecule has 26 heavy (non-hydrogen) atoms. The minimum atomic E-state index is 0.363. The van der Waals surface area contributed by atoms with E-state index in [2.05, 4.69) is 36.9 Å². The van der Waals surface area contributed by atoms with Gasteiger partial charge in [-0.3, -0.25) is 5.10 Å². The Labute approximate surface area is 150 Å². The lowest BCUT2D eigenvalue weighted by molar-refractivity contribution is 0.283. The molecule has 1 saturated carbocycles. The molecule has 0 unspecified atom stereocenters. The average Bonchev–Trinajstić information content (AvgIpc) is 3.40. The van der Waals surface area contributed by atoms with Crippen LogP contribution in [0.2, 0.25) is 0 Å². The molecule has 0 aliphatic heterocycles. The summed E-state index contributed by atoms with van der Waals surface area (Å²) in [5.74, 6) is 1.41. The standard InChI is InChI=1S/C19H19N7/c20-8-5-12-1-3-13(4-2-12)26-17-14-6-9-21-18(14)22-11-16(17)24-19(26)15-7-10-23-25-15/h6-7,9-13H,1-5H2,(H,21,22)(H,23,25). The predicted octanol–water partition coefficient (Wildman–Crippen LogP) is 3.95. The van der Waals surface area contributed by atoms with Crippen LogP contribution in [0, 0.1) is 17.2 Å². The average molecular weight is 345 g/mol. The molecule has 1 aliphatic rings. The number of pyridine rings is 1. The normalized spacial score (nSPS) is 20.6. The first kappa shape index (κ1) is 15.1. The van der Waals surface area contributed by atoms with Gasteiger partial charge in [-0.2, -0.15) is 10.4 Å². The van der Waals surface area contributed by atoms with Crippen LogP contribution in [0.25, 0.3) is 33.6 Å². The molecule has 1 aliphatic carbocycles. The quantitative estimate of drug-likeness (QED) is 0.587. The molecule has 1 fully saturated rings. The number of nitriles is 1. The van der Waals surface area contributed by atoms with Gasteiger partial charge in [-0.15, -0.1) is 0 Å². The molecular formula is C19H19N7. The van der Waals surface area contributed by atoms with Gasteiger partial charge in [-0.1, -0.05) is 0 Å². The van der Waals surface area contributed by atoms with Gasteiger partial charge in [0.05, 0.1) is 17.8 Å². The van der Waals surface area contributed by atoms with Crippen LogP contribution in [0.5, 0.6) is 0 Å². The van der Waals surface area contributed by atoms with E-state index in [1.807, 2.05) is 24.7 Å². The summed E-state index contributed by atoms with van der Waals surface area (Å²) in [6.07, 6.45) is 10.5. The van der Waals surface area contributed by atoms with E-state index in [9.17, 15) is 0 Å². The number of nitrogens with one attached hydrogen (secondary N) is 2. The van der Waals surface area contributed by atoms with Gasteiger partial charge in [-0.25, -0.2) is 9.97 Å². The van der Waals surface area contributed by atoms with Gasteiger partial charge < -0.3 is 9.55 Å². The number of H-pyrrole nitrogens is 2. The summed E-state index contributed by atoms with van der Waals surface area (Å²) < 4.78 is 2.35. The second kappa shape index (κ2) is 5.99. The molecule has 5 rings (SSSR count). The monoisotopic (exact) mass is 345 g/mol. The van der Waals surface area contributed by atoms with Crippen LogP contribution in [-0.4, -0.2) is 29.7 Å². The van der Waals surface area contributed by atoms with Gasteiger partial charge in [0.25, 0.3) is 0 Å². The highest BCUT2D eigenvalue weighted by Crippen LogP contribution is 2.39. The summed E-state index contributed by atoms with van der Waals surface area (Å²) in [6.45, 7) is 0. The molecule has 0 bridgehead atoms. The summed E-state index contributed by atoms with van der Waals surface area (Å²) in [6, 6.07) is 6.72. The Bertz CT molecular complexity index is 1090. The Morgan fingerprint density at radius 2 is 2.08 bits per heavy atom. The number of aromatic nitrogens is 6. The molecule has 7 nitrogen and oxygen atoms in total. The maximum absolute atomic E-state index is 8.99. The Kier molecular flexibility index (Phi) is 3.49. The molecule has 0 atom stereocenters. The maximum Gasteiger partial charge on any atom is 0.162 e. The van der Waals surface area contributed by atoms with Crippen molar-refractivity contribution in [1.82, 2.24) is 29.7 Å². The first-order valence-corrected chi connectivity index (χ1v) is 9.06. The zero-order valence-electron chi connectivity index (χ0n) is 14.3. The molecule has 4 aromatic rings. The summed E-state index contributed by atoms with van der Waals surface area (Å²) in [4.78, 5) is 12.6. The number of imidazole rings is 1. The minimum Gasteiger partial charge on any atom is -0.346 e. The third kappa shape index (κ3) is 2.30. The lowest BCUT2D eigenvalue weighted by Crippen LogP contribution is -2.19. The highest BCUT2D eigenvalue weighted by molar-refractivity contribution is 6.02. The SMILES string of the molecule is N#CCC1CCC(n2c(-c3cc[nH]n3)nc3cnc4[nH]ccc4c32)CC1. The zero-order valence-corrected chi connectivity index (χ0v) is 14.3. The fourth-order valence-corrected chi connectivity index (χ4v) is 4.25. The molecule has 130 valence electrons. The molecule has 0 saturated heterocycles. The fraction of sp³-hybridized carbons (Fsp3) is 0.368. The van der Waals surface area contributed by atoms with E-state index < -0.39 is 0 Å². The van der Waals surface area contributed by atoms with Crippen molar-refractivity contribution < 1.29 is 0 Å². The van der Waals surface area contributed by atoms with Gasteiger partial charge in [0, 0.05) is 30.2 Å². The van der Waals surface area contributed by atoms with Gasteiger partial charge in [0.15, 0.2) is 5.82 Å². The van der Waals surface area contributed by atoms with Crippen LogP contribution in [0.1, 0.15) is 38.1 Å². The van der Waals surface area contributed by atoms with Crippen molar-refractivity contribution in [2.24, 2.45) is 5.92 Å². The van der Waals surface area contributed by atoms with Crippen molar-refractivity contribution in [2.45, 2.75) is 38.1 Å². The molecule has 0 aromatic carbocycles. The van der Waals surface area contributed by atoms with E-state index in [4.69, 9.17) is 10.2 Å². The van der Waals surface area contributed by atoms with Crippen LogP contribution >= 0.6 is 0 Å². The molecular weight excluding hydrogens is 326 g/mol. The number of aromatic amines is 2. The Hall–Kier alpha value is -3.14. The summed E-state index contributed by atoms with van der Waals surface area (Å²) in [7, 11) is 0. The van der Waals surface area contributed by atoms with Crippen LogP contribution in [-0.2, 0) is 0 Å². The third-order valence-corrected chi connectivity index (χ3v) is 5.53. The number of hydrogen-bond donors (Lipinski definition) is 2. The van der Waals surface area contributed by atoms with E-state index in [-0.39, 0.29) is 0 Å². The Morgan fingerprint density at radius 3 is 2.85 bits per heavy atom. The summed E-state index contributed by atoms with van der Waals surface area (Å²) in [5.41, 5.74) is 3.75. The highest BCUT2D eigenvalue weighted by Gasteiger charge is 2.27. The molecule has 2 N–H and O–H groups in total. The predicted molar refractivity (Wildman–Crippen MR) is 98.2 cm³/mol. The Morgan fingerprint density at radius 1 is 1.19 bits per heavy atom. The topological polar surface area (TPSA) is 99.0 Å². The molecule has 4 aromatic heterocycles. The fourth-order valence-electron chi connectivity index (χ4n) is 4.25. The number of fused-ring (bicyclic) bond motifs is 3. The van der Waals surface area contributed by atoms with Gasteiger partial charge in [0.1, 0.15) is 16.9 Å². The molecule has 0 amide bonds. The van der Waals surface area contributed by atoms with Crippen molar-refractivity contribution in [2.75, 3.05) is 0 Å². The molecule has 0 radical (unpaired) electrons. The van der Waals surface area contributed by atoms with E-state index in [1.165, 1.54) is 0 Å². The van der Waals surface area contributed by atoms with E-state index in [0.29, 0.717) is 18.4 Å². The van der Waals surface area contributed by atoms with Crippen molar-refractivity contribution in [3.05, 3.63) is 30.7 Å². The maximum atomic E-state index is 8.99. The van der Waals surface area contributed by atoms with Gasteiger partial charge >= 0.3 is 0 Å². The molecule has 7 heteroatoms. The van der Waals surface area contributed by atoms with Crippen LogP contribution in [0.3, 0.4) is 0 Å². The van der Waals surface area contributed by atoms with Crippen molar-refractivity contribution >= 4 is 22.1 Å². The summed E-state index contributed by atoms with van der Waals surface area (Å²) >= 11 is 0. The largest absolute Gasteiger partial charge is 0.346 e. The number of rotatable bonds is 3. The third-order valence-electron chi connectivity index (χ3n) is 5.53. The van der Waals surface area contributed by atoms with Crippen LogP contribution in [0.4, 0.5) is 0 Å². The van der Waals surface area contributed by atoms with E-state index in [1.54, 1.807) is 0 Å². The van der Waals surface area contributed by atoms with E-state index in [0.717, 1.165) is 59.3 Å². The number of hydrogen-bond acceptors (Lipinski definition) is 4. The van der Waals surface area contributed by atoms with Gasteiger partial charge in [0.2, 0.25) is 0 Å². The second-order valence-electron chi connectivity index (χ2n) is 7.03. The zero-order chi connectivity index (χ0) is 17.5. The van der Waals surface area contributed by atoms with Crippen molar-refractivity contribution in [3.8, 4) is 17.6 Å². The first-order chi connectivity index (χ1) is 12.8. The van der Waals surface area contributed by atoms with Crippen LogP contribution < -0.4 is 0 Å². The molecule has 0 spiro atoms. The Balaban J connectivity index is 1.68. The lowest BCUT2D eigenvalue weighted by Gasteiger charge is -2.29. The lowest BCUT2D eigenvalue weighted by atomic mass is 9.84. The molecule has 4 heterocycles. The smallest absolute Gasteiger partial charge is 0.162 e. The number of nitrogens with zero attached hydrogens (tertiary/aromatic N) is 5.